The van der Waals surface area contributed by atoms with E-state index in [1.165, 1.54) is 11.6 Å². The quantitative estimate of drug-likeness (QED) is 0.872. The summed E-state index contributed by atoms with van der Waals surface area (Å²) in [6.07, 6.45) is 2.23. The molecule has 3 rings (SSSR count). The monoisotopic (exact) mass is 283 g/mol. The van der Waals surface area contributed by atoms with Crippen LogP contribution < -0.4 is 11.3 Å². The van der Waals surface area contributed by atoms with Crippen molar-refractivity contribution in [2.24, 2.45) is 5.92 Å². The molecular formula is C16H17N3O2. The highest BCUT2D eigenvalue weighted by atomic mass is 16.1. The minimum absolute atomic E-state index is 0.00277. The number of aromatic nitrogens is 2. The van der Waals surface area contributed by atoms with Crippen LogP contribution in [0.4, 0.5) is 5.69 Å². The number of carbonyl (C=O) groups excluding carboxylic acids is 1. The SMILES string of the molecule is CC(=O)c1c(-c2ccccc2)nn(CC2CC2)c(=O)c1N. The molecule has 21 heavy (non-hydrogen) atoms. The van der Waals surface area contributed by atoms with Crippen LogP contribution in [0.1, 0.15) is 30.1 Å². The zero-order valence-electron chi connectivity index (χ0n) is 11.9. The molecule has 1 aliphatic rings. The third-order valence-corrected chi connectivity index (χ3v) is 3.72. The molecule has 5 heteroatoms. The zero-order chi connectivity index (χ0) is 15.0. The number of nitrogen functional groups attached to an aromatic ring is 1. The highest BCUT2D eigenvalue weighted by Gasteiger charge is 2.25. The molecule has 0 aliphatic heterocycles. The maximum absolute atomic E-state index is 12.3. The van der Waals surface area contributed by atoms with Gasteiger partial charge in [-0.15, -0.1) is 0 Å². The molecule has 2 N–H and O–H groups in total. The third-order valence-electron chi connectivity index (χ3n) is 3.72. The van der Waals surface area contributed by atoms with E-state index in [2.05, 4.69) is 5.10 Å². The average Bonchev–Trinajstić information content (AvgIpc) is 3.28. The first kappa shape index (κ1) is 13.5. The van der Waals surface area contributed by atoms with E-state index in [0.29, 0.717) is 18.2 Å². The molecule has 0 amide bonds. The van der Waals surface area contributed by atoms with E-state index in [0.717, 1.165) is 18.4 Å². The lowest BCUT2D eigenvalue weighted by Crippen LogP contribution is -2.29. The van der Waals surface area contributed by atoms with Gasteiger partial charge in [-0.3, -0.25) is 9.59 Å². The second kappa shape index (κ2) is 5.16. The van der Waals surface area contributed by atoms with E-state index >= 15 is 0 Å². The zero-order valence-corrected chi connectivity index (χ0v) is 11.9. The number of hydrogen-bond donors (Lipinski definition) is 1. The summed E-state index contributed by atoms with van der Waals surface area (Å²) in [4.78, 5) is 24.2. The van der Waals surface area contributed by atoms with Crippen molar-refractivity contribution in [2.45, 2.75) is 26.3 Å². The Hall–Kier alpha value is -2.43. The minimum atomic E-state index is -0.369. The fraction of sp³-hybridized carbons (Fsp3) is 0.312. The Labute approximate surface area is 122 Å². The molecule has 1 aromatic heterocycles. The largest absolute Gasteiger partial charge is 0.394 e. The number of Topliss-reactive ketones (excluding diaryl/α,β-unsaturated/α-hetero) is 1. The van der Waals surface area contributed by atoms with Crippen LogP contribution in [0, 0.1) is 5.92 Å². The van der Waals surface area contributed by atoms with E-state index in [1.807, 2.05) is 30.3 Å². The number of anilines is 1. The highest BCUT2D eigenvalue weighted by Crippen LogP contribution is 2.31. The van der Waals surface area contributed by atoms with Crippen molar-refractivity contribution in [3.63, 3.8) is 0 Å². The van der Waals surface area contributed by atoms with Crippen LogP contribution in [0.5, 0.6) is 0 Å². The molecule has 0 bridgehead atoms. The average molecular weight is 283 g/mol. The number of nitrogens with zero attached hydrogens (tertiary/aromatic N) is 2. The molecule has 1 aromatic carbocycles. The van der Waals surface area contributed by atoms with Gasteiger partial charge in [0.25, 0.3) is 5.56 Å². The lowest BCUT2D eigenvalue weighted by molar-refractivity contribution is 0.101. The van der Waals surface area contributed by atoms with Gasteiger partial charge in [0.05, 0.1) is 5.56 Å². The molecule has 1 saturated carbocycles. The Morgan fingerprint density at radius 3 is 2.57 bits per heavy atom. The molecule has 0 saturated heterocycles. The molecule has 0 atom stereocenters. The van der Waals surface area contributed by atoms with Crippen molar-refractivity contribution in [1.29, 1.82) is 0 Å². The fourth-order valence-corrected chi connectivity index (χ4v) is 2.41. The lowest BCUT2D eigenvalue weighted by atomic mass is 10.0. The normalized spacial score (nSPS) is 14.1. The first-order chi connectivity index (χ1) is 10.1. The summed E-state index contributed by atoms with van der Waals surface area (Å²) in [5.74, 6) is 0.260. The van der Waals surface area contributed by atoms with E-state index in [9.17, 15) is 9.59 Å². The van der Waals surface area contributed by atoms with E-state index in [1.54, 1.807) is 0 Å². The summed E-state index contributed by atoms with van der Waals surface area (Å²) < 4.78 is 1.40. The summed E-state index contributed by atoms with van der Waals surface area (Å²) >= 11 is 0. The molecule has 0 radical (unpaired) electrons. The maximum Gasteiger partial charge on any atom is 0.290 e. The van der Waals surface area contributed by atoms with Gasteiger partial charge in [0.2, 0.25) is 0 Å². The summed E-state index contributed by atoms with van der Waals surface area (Å²) in [5.41, 5.74) is 7.05. The molecule has 2 aromatic rings. The lowest BCUT2D eigenvalue weighted by Gasteiger charge is -2.13. The van der Waals surface area contributed by atoms with Crippen molar-refractivity contribution in [3.8, 4) is 11.3 Å². The van der Waals surface area contributed by atoms with Gasteiger partial charge in [0.1, 0.15) is 11.4 Å². The van der Waals surface area contributed by atoms with Gasteiger partial charge in [0.15, 0.2) is 5.78 Å². The van der Waals surface area contributed by atoms with Crippen LogP contribution in [0.3, 0.4) is 0 Å². The predicted octanol–water partition coefficient (Wildman–Crippen LogP) is 2.11. The van der Waals surface area contributed by atoms with Crippen molar-refractivity contribution < 1.29 is 4.79 Å². The summed E-state index contributed by atoms with van der Waals surface area (Å²) in [5, 5.41) is 4.41. The van der Waals surface area contributed by atoms with Crippen LogP contribution in [-0.4, -0.2) is 15.6 Å². The van der Waals surface area contributed by atoms with E-state index < -0.39 is 0 Å². The smallest absolute Gasteiger partial charge is 0.290 e. The fourth-order valence-electron chi connectivity index (χ4n) is 2.41. The van der Waals surface area contributed by atoms with Crippen LogP contribution in [0.15, 0.2) is 35.1 Å². The molecule has 1 heterocycles. The van der Waals surface area contributed by atoms with E-state index in [-0.39, 0.29) is 22.6 Å². The second-order valence-electron chi connectivity index (χ2n) is 5.49. The number of carbonyl (C=O) groups is 1. The second-order valence-corrected chi connectivity index (χ2v) is 5.49. The van der Waals surface area contributed by atoms with Crippen molar-refractivity contribution in [3.05, 3.63) is 46.2 Å². The third kappa shape index (κ3) is 2.59. The van der Waals surface area contributed by atoms with Gasteiger partial charge < -0.3 is 5.73 Å². The molecule has 0 unspecified atom stereocenters. The van der Waals surface area contributed by atoms with Crippen LogP contribution in [0.2, 0.25) is 0 Å². The van der Waals surface area contributed by atoms with Crippen molar-refractivity contribution >= 4 is 11.5 Å². The van der Waals surface area contributed by atoms with E-state index in [4.69, 9.17) is 5.73 Å². The van der Waals surface area contributed by atoms with Crippen LogP contribution in [-0.2, 0) is 6.54 Å². The molecule has 108 valence electrons. The molecule has 0 spiro atoms. The molecule has 5 nitrogen and oxygen atoms in total. The summed E-state index contributed by atoms with van der Waals surface area (Å²) in [6, 6.07) is 9.35. The van der Waals surface area contributed by atoms with Crippen LogP contribution in [0.25, 0.3) is 11.3 Å². The topological polar surface area (TPSA) is 78.0 Å². The number of rotatable bonds is 4. The van der Waals surface area contributed by atoms with Gasteiger partial charge in [-0.25, -0.2) is 4.68 Å². The molecular weight excluding hydrogens is 266 g/mol. The first-order valence-corrected chi connectivity index (χ1v) is 7.05. The Balaban J connectivity index is 2.22. The summed E-state index contributed by atoms with van der Waals surface area (Å²) in [7, 11) is 0. The van der Waals surface area contributed by atoms with Crippen molar-refractivity contribution in [2.75, 3.05) is 5.73 Å². The molecule has 1 aliphatic carbocycles. The van der Waals surface area contributed by atoms with Crippen molar-refractivity contribution in [1.82, 2.24) is 9.78 Å². The Bertz CT molecular complexity index is 746. The summed E-state index contributed by atoms with van der Waals surface area (Å²) in [6.45, 7) is 1.98. The van der Waals surface area contributed by atoms with Gasteiger partial charge in [-0.05, 0) is 25.7 Å². The Morgan fingerprint density at radius 1 is 1.33 bits per heavy atom. The number of nitrogens with two attached hydrogens (primary N) is 1. The first-order valence-electron chi connectivity index (χ1n) is 7.05. The molecule has 1 fully saturated rings. The standard InChI is InChI=1S/C16H17N3O2/c1-10(20)13-14(17)16(21)19(9-11-7-8-11)18-15(13)12-5-3-2-4-6-12/h2-6,11H,7-9,17H2,1H3. The Kier molecular flexibility index (Phi) is 3.33. The number of benzene rings is 1. The minimum Gasteiger partial charge on any atom is -0.394 e. The maximum atomic E-state index is 12.3. The van der Waals surface area contributed by atoms with Gasteiger partial charge in [0, 0.05) is 12.1 Å². The van der Waals surface area contributed by atoms with Gasteiger partial charge in [-0.1, -0.05) is 30.3 Å². The Morgan fingerprint density at radius 2 is 2.00 bits per heavy atom. The highest BCUT2D eigenvalue weighted by molar-refractivity contribution is 6.04. The predicted molar refractivity (Wildman–Crippen MR) is 81.1 cm³/mol. The van der Waals surface area contributed by atoms with Gasteiger partial charge >= 0.3 is 0 Å². The van der Waals surface area contributed by atoms with Gasteiger partial charge in [-0.2, -0.15) is 5.10 Å². The number of ketones is 1. The number of hydrogen-bond acceptors (Lipinski definition) is 4. The van der Waals surface area contributed by atoms with Crippen LogP contribution >= 0.6 is 0 Å².